The largest absolute Gasteiger partial charge is 0.494 e. The number of nitrogens with one attached hydrogen (secondary N) is 1. The number of H-pyrrole nitrogens is 1. The van der Waals surface area contributed by atoms with Gasteiger partial charge in [-0.3, -0.25) is 4.99 Å². The third kappa shape index (κ3) is 5.12. The number of nitrogens with zero attached hydrogens (tertiary/aromatic N) is 2. The maximum Gasteiger partial charge on any atom is 0.198 e. The number of ether oxygens (including phenoxy) is 1. The maximum absolute atomic E-state index is 14.3. The lowest BCUT2D eigenvalue weighted by molar-refractivity contribution is 0.243. The molecule has 0 bridgehead atoms. The highest BCUT2D eigenvalue weighted by atomic mass is 19.1. The number of aromatic nitrogens is 1. The van der Waals surface area contributed by atoms with E-state index in [1.54, 1.807) is 18.2 Å². The predicted octanol–water partition coefficient (Wildman–Crippen LogP) is 5.01. The van der Waals surface area contributed by atoms with Gasteiger partial charge in [0, 0.05) is 24.2 Å². The van der Waals surface area contributed by atoms with E-state index in [2.05, 4.69) is 28.7 Å². The minimum atomic E-state index is -0.493. The number of benzene rings is 2. The molecule has 1 heterocycles. The van der Waals surface area contributed by atoms with Gasteiger partial charge in [-0.15, -0.1) is 0 Å². The Morgan fingerprint density at radius 3 is 2.66 bits per heavy atom. The summed E-state index contributed by atoms with van der Waals surface area (Å²) in [4.78, 5) is 9.20. The lowest BCUT2D eigenvalue weighted by Gasteiger charge is -2.17. The highest BCUT2D eigenvalue weighted by Crippen LogP contribution is 2.28. The average Bonchev–Trinajstić information content (AvgIpc) is 3.01. The summed E-state index contributed by atoms with van der Waals surface area (Å²) in [6.07, 6.45) is 2.24. The Bertz CT molecular complexity index is 997. The highest BCUT2D eigenvalue weighted by molar-refractivity contribution is 6.02. The van der Waals surface area contributed by atoms with Crippen molar-refractivity contribution < 1.29 is 18.6 Å². The molecule has 1 aromatic heterocycles. The van der Waals surface area contributed by atoms with E-state index < -0.39 is 11.6 Å². The van der Waals surface area contributed by atoms with Gasteiger partial charge in [0.05, 0.1) is 23.4 Å². The van der Waals surface area contributed by atoms with Gasteiger partial charge in [-0.25, -0.2) is 8.78 Å². The molecule has 0 amide bonds. The quantitative estimate of drug-likeness (QED) is 0.391. The van der Waals surface area contributed by atoms with Crippen molar-refractivity contribution >= 4 is 22.8 Å². The Hall–Kier alpha value is -2.93. The van der Waals surface area contributed by atoms with Gasteiger partial charge in [0.15, 0.2) is 17.4 Å². The molecule has 0 atom stereocenters. The van der Waals surface area contributed by atoms with Crippen LogP contribution in [0.15, 0.2) is 41.4 Å². The molecule has 0 aliphatic carbocycles. The summed E-state index contributed by atoms with van der Waals surface area (Å²) in [5.74, 6) is -0.832. The lowest BCUT2D eigenvalue weighted by Crippen LogP contribution is -2.25. The molecule has 0 radical (unpaired) electrons. The van der Waals surface area contributed by atoms with E-state index in [0.29, 0.717) is 28.8 Å². The molecule has 0 fully saturated rings. The van der Waals surface area contributed by atoms with E-state index in [-0.39, 0.29) is 11.6 Å². The zero-order chi connectivity index (χ0) is 20.8. The van der Waals surface area contributed by atoms with E-state index in [1.165, 1.54) is 24.4 Å². The first-order chi connectivity index (χ1) is 14.0. The molecule has 154 valence electrons. The van der Waals surface area contributed by atoms with Gasteiger partial charge in [0.1, 0.15) is 5.82 Å². The number of halogens is 2. The molecule has 0 saturated heterocycles. The number of aromatic amines is 1. The van der Waals surface area contributed by atoms with Gasteiger partial charge in [-0.2, -0.15) is 0 Å². The van der Waals surface area contributed by atoms with Crippen molar-refractivity contribution in [1.82, 2.24) is 9.88 Å². The predicted molar refractivity (Wildman–Crippen MR) is 111 cm³/mol. The second kappa shape index (κ2) is 9.52. The van der Waals surface area contributed by atoms with Crippen molar-refractivity contribution in [2.24, 2.45) is 4.99 Å². The van der Waals surface area contributed by atoms with Crippen LogP contribution >= 0.6 is 0 Å². The maximum atomic E-state index is 14.3. The molecule has 7 heteroatoms. The fraction of sp³-hybridized carbons (Fsp3) is 0.318. The normalized spacial score (nSPS) is 11.8. The topological polar surface area (TPSA) is 60.9 Å². The number of aromatic hydroxyl groups is 1. The van der Waals surface area contributed by atoms with Crippen LogP contribution in [0.25, 0.3) is 10.9 Å². The summed E-state index contributed by atoms with van der Waals surface area (Å²) >= 11 is 0. The molecule has 3 aromatic rings. The molecule has 0 aliphatic heterocycles. The van der Waals surface area contributed by atoms with E-state index in [0.717, 1.165) is 26.1 Å². The van der Waals surface area contributed by atoms with Gasteiger partial charge >= 0.3 is 0 Å². The second-order valence-corrected chi connectivity index (χ2v) is 6.68. The van der Waals surface area contributed by atoms with Gasteiger partial charge in [-0.05, 0) is 49.8 Å². The highest BCUT2D eigenvalue weighted by Gasteiger charge is 2.10. The van der Waals surface area contributed by atoms with E-state index in [4.69, 9.17) is 4.74 Å². The Morgan fingerprint density at radius 1 is 1.14 bits per heavy atom. The summed E-state index contributed by atoms with van der Waals surface area (Å²) in [5.41, 5.74) is 1.26. The molecule has 2 N–H and O–H groups in total. The van der Waals surface area contributed by atoms with Gasteiger partial charge < -0.3 is 19.7 Å². The van der Waals surface area contributed by atoms with E-state index >= 15 is 0 Å². The summed E-state index contributed by atoms with van der Waals surface area (Å²) < 4.78 is 33.1. The SMILES string of the molecule is CCN(CC)CCCOc1ccc(N=Cc2c(O)[nH]c3cc(F)ccc23)cc1F. The van der Waals surface area contributed by atoms with Crippen molar-refractivity contribution in [1.29, 1.82) is 0 Å². The Kier molecular flexibility index (Phi) is 6.82. The molecule has 0 unspecified atom stereocenters. The first kappa shape index (κ1) is 20.8. The summed E-state index contributed by atoms with van der Waals surface area (Å²) in [5, 5.41) is 10.7. The minimum Gasteiger partial charge on any atom is -0.494 e. The van der Waals surface area contributed by atoms with Crippen molar-refractivity contribution in [2.75, 3.05) is 26.2 Å². The summed E-state index contributed by atoms with van der Waals surface area (Å²) in [6.45, 7) is 7.54. The zero-order valence-corrected chi connectivity index (χ0v) is 16.6. The van der Waals surface area contributed by atoms with Gasteiger partial charge in [-0.1, -0.05) is 13.8 Å². The van der Waals surface area contributed by atoms with Crippen molar-refractivity contribution in [3.8, 4) is 11.6 Å². The van der Waals surface area contributed by atoms with E-state index in [1.807, 2.05) is 0 Å². The van der Waals surface area contributed by atoms with Crippen LogP contribution in [0, 0.1) is 11.6 Å². The molecule has 0 saturated carbocycles. The molecule has 3 rings (SSSR count). The van der Waals surface area contributed by atoms with Crippen LogP contribution in [0.5, 0.6) is 11.6 Å². The summed E-state index contributed by atoms with van der Waals surface area (Å²) in [6, 6.07) is 8.62. The minimum absolute atomic E-state index is 0.122. The first-order valence-electron chi connectivity index (χ1n) is 9.70. The monoisotopic (exact) mass is 401 g/mol. The third-order valence-corrected chi connectivity index (χ3v) is 4.81. The lowest BCUT2D eigenvalue weighted by atomic mass is 10.2. The molecule has 2 aromatic carbocycles. The Morgan fingerprint density at radius 2 is 1.93 bits per heavy atom. The smallest absolute Gasteiger partial charge is 0.198 e. The zero-order valence-electron chi connectivity index (χ0n) is 16.6. The van der Waals surface area contributed by atoms with Crippen LogP contribution in [-0.2, 0) is 0 Å². The number of hydrogen-bond acceptors (Lipinski definition) is 4. The van der Waals surface area contributed by atoms with Crippen LogP contribution in [0.1, 0.15) is 25.8 Å². The van der Waals surface area contributed by atoms with Gasteiger partial charge in [0.2, 0.25) is 0 Å². The van der Waals surface area contributed by atoms with Crippen LogP contribution in [-0.4, -0.2) is 47.4 Å². The standard InChI is InChI=1S/C22H25F2N3O2/c1-3-27(4-2)10-5-11-29-21-9-7-16(13-19(21)24)25-14-18-17-8-6-15(23)12-20(17)26-22(18)28/h6-9,12-14,26,28H,3-5,10-11H2,1-2H3. The molecular formula is C22H25F2N3O2. The number of hydrogen-bond donors (Lipinski definition) is 2. The number of rotatable bonds is 9. The first-order valence-corrected chi connectivity index (χ1v) is 9.70. The van der Waals surface area contributed by atoms with Crippen molar-refractivity contribution in [3.63, 3.8) is 0 Å². The molecular weight excluding hydrogens is 376 g/mol. The second-order valence-electron chi connectivity index (χ2n) is 6.68. The van der Waals surface area contributed by atoms with Crippen LogP contribution in [0.4, 0.5) is 14.5 Å². The summed E-state index contributed by atoms with van der Waals surface area (Å²) in [7, 11) is 0. The molecule has 29 heavy (non-hydrogen) atoms. The molecule has 5 nitrogen and oxygen atoms in total. The Balaban J connectivity index is 1.65. The third-order valence-electron chi connectivity index (χ3n) is 4.81. The number of aliphatic imine (C=N–C) groups is 1. The Labute approximate surface area is 168 Å². The molecule has 0 spiro atoms. The van der Waals surface area contributed by atoms with Gasteiger partial charge in [0.25, 0.3) is 0 Å². The fourth-order valence-electron chi connectivity index (χ4n) is 3.14. The van der Waals surface area contributed by atoms with Crippen LogP contribution in [0.2, 0.25) is 0 Å². The van der Waals surface area contributed by atoms with Crippen LogP contribution < -0.4 is 4.74 Å². The number of fused-ring (bicyclic) bond motifs is 1. The van der Waals surface area contributed by atoms with E-state index in [9.17, 15) is 13.9 Å². The fourth-order valence-corrected chi connectivity index (χ4v) is 3.14. The molecule has 0 aliphatic rings. The van der Waals surface area contributed by atoms with Crippen LogP contribution in [0.3, 0.4) is 0 Å². The average molecular weight is 401 g/mol. The van der Waals surface area contributed by atoms with Crippen molar-refractivity contribution in [3.05, 3.63) is 53.6 Å². The van der Waals surface area contributed by atoms with Crippen molar-refractivity contribution in [2.45, 2.75) is 20.3 Å².